The number of fused-ring (bicyclic) bond motifs is 3. The second-order valence-electron chi connectivity index (χ2n) is 4.95. The molecule has 0 saturated heterocycles. The van der Waals surface area contributed by atoms with Crippen molar-refractivity contribution in [2.45, 2.75) is 33.2 Å². The van der Waals surface area contributed by atoms with Crippen molar-refractivity contribution >= 4 is 11.0 Å². The SMILES string of the molecule is CC.CN(C)CCn1c2c(c3cncnc31)CCCO2. The van der Waals surface area contributed by atoms with E-state index in [9.17, 15) is 0 Å². The highest BCUT2D eigenvalue weighted by Gasteiger charge is 2.22. The Balaban J connectivity index is 0.000000704. The maximum absolute atomic E-state index is 5.85. The van der Waals surface area contributed by atoms with Crippen molar-refractivity contribution in [2.24, 2.45) is 0 Å². The minimum absolute atomic E-state index is 0.804. The van der Waals surface area contributed by atoms with E-state index in [1.54, 1.807) is 6.33 Å². The van der Waals surface area contributed by atoms with Crippen LogP contribution in [0.25, 0.3) is 11.0 Å². The van der Waals surface area contributed by atoms with Crippen molar-refractivity contribution in [3.8, 4) is 5.88 Å². The first-order chi connectivity index (χ1) is 9.77. The van der Waals surface area contributed by atoms with E-state index in [1.165, 1.54) is 5.56 Å². The Bertz CT molecular complexity index is 562. The third-order valence-corrected chi connectivity index (χ3v) is 3.36. The molecular formula is C15H24N4O. The van der Waals surface area contributed by atoms with Gasteiger partial charge >= 0.3 is 0 Å². The Morgan fingerprint density at radius 3 is 2.90 bits per heavy atom. The summed E-state index contributed by atoms with van der Waals surface area (Å²) in [6, 6.07) is 0. The van der Waals surface area contributed by atoms with E-state index in [1.807, 2.05) is 20.0 Å². The van der Waals surface area contributed by atoms with Crippen molar-refractivity contribution in [3.63, 3.8) is 0 Å². The average molecular weight is 276 g/mol. The van der Waals surface area contributed by atoms with E-state index in [0.717, 1.165) is 49.5 Å². The van der Waals surface area contributed by atoms with Crippen LogP contribution in [-0.2, 0) is 13.0 Å². The summed E-state index contributed by atoms with van der Waals surface area (Å²) in [6.07, 6.45) is 5.66. The van der Waals surface area contributed by atoms with Gasteiger partial charge < -0.3 is 9.64 Å². The molecule has 0 N–H and O–H groups in total. The molecule has 0 bridgehead atoms. The molecule has 1 aliphatic rings. The number of hydrogen-bond acceptors (Lipinski definition) is 4. The lowest BCUT2D eigenvalue weighted by molar-refractivity contribution is 0.260. The summed E-state index contributed by atoms with van der Waals surface area (Å²) in [5.74, 6) is 0.999. The van der Waals surface area contributed by atoms with E-state index < -0.39 is 0 Å². The molecule has 5 heteroatoms. The van der Waals surface area contributed by atoms with Crippen LogP contribution >= 0.6 is 0 Å². The van der Waals surface area contributed by atoms with E-state index in [-0.39, 0.29) is 0 Å². The van der Waals surface area contributed by atoms with Crippen molar-refractivity contribution in [3.05, 3.63) is 18.1 Å². The van der Waals surface area contributed by atoms with Crippen LogP contribution in [0.3, 0.4) is 0 Å². The number of aromatic nitrogens is 3. The molecule has 0 atom stereocenters. The molecule has 0 spiro atoms. The predicted molar refractivity (Wildman–Crippen MR) is 81.2 cm³/mol. The monoisotopic (exact) mass is 276 g/mol. The first-order valence-electron chi connectivity index (χ1n) is 7.36. The largest absolute Gasteiger partial charge is 0.479 e. The molecule has 0 radical (unpaired) electrons. The Hall–Kier alpha value is -1.62. The van der Waals surface area contributed by atoms with Crippen LogP contribution in [-0.4, -0.2) is 46.7 Å². The summed E-state index contributed by atoms with van der Waals surface area (Å²) in [7, 11) is 4.15. The second-order valence-corrected chi connectivity index (χ2v) is 4.95. The van der Waals surface area contributed by atoms with Gasteiger partial charge in [-0.2, -0.15) is 0 Å². The molecule has 0 fully saturated rings. The van der Waals surface area contributed by atoms with E-state index >= 15 is 0 Å². The number of aryl methyl sites for hydroxylation is 1. The number of nitrogens with zero attached hydrogens (tertiary/aromatic N) is 4. The van der Waals surface area contributed by atoms with Gasteiger partial charge in [0.25, 0.3) is 0 Å². The Morgan fingerprint density at radius 2 is 2.15 bits per heavy atom. The van der Waals surface area contributed by atoms with Crippen LogP contribution < -0.4 is 4.74 Å². The number of ether oxygens (including phenoxy) is 1. The molecular weight excluding hydrogens is 252 g/mol. The fourth-order valence-corrected chi connectivity index (χ4v) is 2.46. The van der Waals surface area contributed by atoms with Gasteiger partial charge in [0.15, 0.2) is 5.88 Å². The maximum Gasteiger partial charge on any atom is 0.199 e. The van der Waals surface area contributed by atoms with Crippen LogP contribution in [0.15, 0.2) is 12.5 Å². The van der Waals surface area contributed by atoms with E-state index in [2.05, 4.69) is 33.5 Å². The average Bonchev–Trinajstić information content (AvgIpc) is 2.81. The second kappa shape index (κ2) is 6.70. The summed E-state index contributed by atoms with van der Waals surface area (Å²) in [4.78, 5) is 10.7. The third kappa shape index (κ3) is 2.77. The van der Waals surface area contributed by atoms with Crippen LogP contribution in [0.1, 0.15) is 25.8 Å². The molecule has 110 valence electrons. The zero-order valence-electron chi connectivity index (χ0n) is 12.9. The number of likely N-dealkylation sites (N-methyl/N-ethyl adjacent to an activating group) is 1. The molecule has 3 rings (SSSR count). The molecule has 5 nitrogen and oxygen atoms in total. The van der Waals surface area contributed by atoms with Gasteiger partial charge in [-0.25, -0.2) is 9.97 Å². The van der Waals surface area contributed by atoms with Gasteiger partial charge in [-0.3, -0.25) is 4.57 Å². The smallest absolute Gasteiger partial charge is 0.199 e. The highest BCUT2D eigenvalue weighted by Crippen LogP contribution is 2.34. The van der Waals surface area contributed by atoms with Crippen LogP contribution in [0.5, 0.6) is 5.88 Å². The molecule has 2 aromatic heterocycles. The molecule has 1 aliphatic heterocycles. The fourth-order valence-electron chi connectivity index (χ4n) is 2.46. The van der Waals surface area contributed by atoms with Crippen molar-refractivity contribution in [2.75, 3.05) is 27.2 Å². The van der Waals surface area contributed by atoms with Gasteiger partial charge in [0.05, 0.1) is 6.61 Å². The highest BCUT2D eigenvalue weighted by atomic mass is 16.5. The normalized spacial score (nSPS) is 13.7. The molecule has 0 unspecified atom stereocenters. The zero-order chi connectivity index (χ0) is 14.5. The number of hydrogen-bond donors (Lipinski definition) is 0. The van der Waals surface area contributed by atoms with Gasteiger partial charge in [0.1, 0.15) is 12.0 Å². The summed E-state index contributed by atoms with van der Waals surface area (Å²) in [5.41, 5.74) is 2.27. The van der Waals surface area contributed by atoms with Gasteiger partial charge in [-0.05, 0) is 26.9 Å². The minimum atomic E-state index is 0.804. The summed E-state index contributed by atoms with van der Waals surface area (Å²) in [5, 5.41) is 1.14. The summed E-state index contributed by atoms with van der Waals surface area (Å²) < 4.78 is 8.03. The van der Waals surface area contributed by atoms with Crippen molar-refractivity contribution in [1.29, 1.82) is 0 Å². The molecule has 0 aliphatic carbocycles. The fraction of sp³-hybridized carbons (Fsp3) is 0.600. The highest BCUT2D eigenvalue weighted by molar-refractivity contribution is 5.83. The predicted octanol–water partition coefficient (Wildman–Crippen LogP) is 2.34. The molecule has 0 aromatic carbocycles. The molecule has 0 amide bonds. The number of rotatable bonds is 3. The van der Waals surface area contributed by atoms with E-state index in [0.29, 0.717) is 0 Å². The topological polar surface area (TPSA) is 43.2 Å². The van der Waals surface area contributed by atoms with Crippen molar-refractivity contribution in [1.82, 2.24) is 19.4 Å². The summed E-state index contributed by atoms with van der Waals surface area (Å²) in [6.45, 7) is 6.68. The Morgan fingerprint density at radius 1 is 1.35 bits per heavy atom. The van der Waals surface area contributed by atoms with Crippen LogP contribution in [0, 0.1) is 0 Å². The lowest BCUT2D eigenvalue weighted by atomic mass is 10.1. The minimum Gasteiger partial charge on any atom is -0.479 e. The van der Waals surface area contributed by atoms with Crippen molar-refractivity contribution < 1.29 is 4.74 Å². The van der Waals surface area contributed by atoms with E-state index in [4.69, 9.17) is 4.74 Å². The van der Waals surface area contributed by atoms with Gasteiger partial charge in [0, 0.05) is 30.2 Å². The summed E-state index contributed by atoms with van der Waals surface area (Å²) >= 11 is 0. The first-order valence-corrected chi connectivity index (χ1v) is 7.36. The Labute approximate surface area is 120 Å². The zero-order valence-corrected chi connectivity index (χ0v) is 12.9. The lowest BCUT2D eigenvalue weighted by Gasteiger charge is -2.18. The lowest BCUT2D eigenvalue weighted by Crippen LogP contribution is -2.20. The van der Waals surface area contributed by atoms with Gasteiger partial charge in [-0.15, -0.1) is 0 Å². The standard InChI is InChI=1S/C13H18N4O.C2H6/c1-16(2)5-6-17-12-11(8-14-9-15-12)10-4-3-7-18-13(10)17;1-2/h8-9H,3-7H2,1-2H3;1-2H3. The van der Waals surface area contributed by atoms with Crippen LogP contribution in [0.2, 0.25) is 0 Å². The first kappa shape index (κ1) is 14.8. The maximum atomic E-state index is 5.85. The third-order valence-electron chi connectivity index (χ3n) is 3.36. The quantitative estimate of drug-likeness (QED) is 0.863. The molecule has 20 heavy (non-hydrogen) atoms. The molecule has 3 heterocycles. The van der Waals surface area contributed by atoms with Crippen LogP contribution in [0.4, 0.5) is 0 Å². The van der Waals surface area contributed by atoms with Gasteiger partial charge in [-0.1, -0.05) is 13.8 Å². The molecule has 2 aromatic rings. The van der Waals surface area contributed by atoms with Gasteiger partial charge in [0.2, 0.25) is 0 Å². The Kier molecular flexibility index (Phi) is 4.95. The molecule has 0 saturated carbocycles.